The number of likely N-dealkylation sites (tertiary alicyclic amines) is 2. The maximum atomic E-state index is 14.2. The Balaban J connectivity index is 1.36. The van der Waals surface area contributed by atoms with Gasteiger partial charge in [0.1, 0.15) is 6.04 Å². The lowest BCUT2D eigenvalue weighted by atomic mass is 9.96. The largest absolute Gasteiger partial charge is 0.343 e. The minimum absolute atomic E-state index is 0.0462. The number of nitrogens with one attached hydrogen (secondary N) is 1. The molecule has 204 valence electrons. The van der Waals surface area contributed by atoms with Crippen LogP contribution in [0.4, 0.5) is 0 Å². The third-order valence-corrected chi connectivity index (χ3v) is 8.17. The fraction of sp³-hybridized carbons (Fsp3) is 0.406. The summed E-state index contributed by atoms with van der Waals surface area (Å²) in [6, 6.07) is 23.7. The molecule has 2 saturated heterocycles. The molecule has 2 fully saturated rings. The number of aromatic nitrogens is 1. The summed E-state index contributed by atoms with van der Waals surface area (Å²) in [5, 5.41) is 2.94. The molecular weight excluding hydrogens is 486 g/mol. The number of hydrogen-bond donors (Lipinski definition) is 2. The highest BCUT2D eigenvalue weighted by atomic mass is 16.2. The van der Waals surface area contributed by atoms with Crippen LogP contribution < -0.4 is 11.1 Å². The van der Waals surface area contributed by atoms with Gasteiger partial charge in [-0.25, -0.2) is 0 Å². The van der Waals surface area contributed by atoms with Crippen LogP contribution in [0.15, 0.2) is 85.2 Å². The van der Waals surface area contributed by atoms with Crippen LogP contribution in [0.5, 0.6) is 0 Å². The van der Waals surface area contributed by atoms with Crippen molar-refractivity contribution < 1.29 is 9.59 Å². The molecule has 0 radical (unpaired) electrons. The van der Waals surface area contributed by atoms with Crippen molar-refractivity contribution in [1.29, 1.82) is 0 Å². The zero-order valence-corrected chi connectivity index (χ0v) is 22.7. The Hall–Kier alpha value is -3.55. The molecular formula is C32H39N5O2. The molecule has 39 heavy (non-hydrogen) atoms. The van der Waals surface area contributed by atoms with E-state index in [4.69, 9.17) is 5.73 Å². The minimum atomic E-state index is -0.694. The molecule has 1 unspecified atom stereocenters. The third-order valence-electron chi connectivity index (χ3n) is 8.17. The van der Waals surface area contributed by atoms with E-state index in [9.17, 15) is 9.59 Å². The number of pyridine rings is 1. The van der Waals surface area contributed by atoms with Crippen molar-refractivity contribution in [2.45, 2.75) is 56.1 Å². The highest BCUT2D eigenvalue weighted by molar-refractivity contribution is 5.90. The van der Waals surface area contributed by atoms with Crippen molar-refractivity contribution in [3.8, 4) is 0 Å². The van der Waals surface area contributed by atoms with Crippen LogP contribution in [0.1, 0.15) is 48.3 Å². The fourth-order valence-electron chi connectivity index (χ4n) is 6.08. The molecule has 2 aliphatic heterocycles. The van der Waals surface area contributed by atoms with Crippen LogP contribution in [0, 0.1) is 0 Å². The van der Waals surface area contributed by atoms with E-state index < -0.39 is 12.1 Å². The van der Waals surface area contributed by atoms with Crippen molar-refractivity contribution >= 4 is 11.8 Å². The molecule has 3 N–H and O–H groups in total. The molecule has 5 rings (SSSR count). The number of amides is 2. The monoisotopic (exact) mass is 525 g/mol. The molecule has 2 aromatic carbocycles. The van der Waals surface area contributed by atoms with Gasteiger partial charge >= 0.3 is 0 Å². The van der Waals surface area contributed by atoms with Crippen LogP contribution in [-0.2, 0) is 16.0 Å². The Labute approximate surface area is 231 Å². The van der Waals surface area contributed by atoms with Gasteiger partial charge in [0.15, 0.2) is 0 Å². The van der Waals surface area contributed by atoms with E-state index in [1.54, 1.807) is 19.3 Å². The number of rotatable bonds is 9. The van der Waals surface area contributed by atoms with Gasteiger partial charge in [-0.1, -0.05) is 66.7 Å². The Kier molecular flexibility index (Phi) is 8.69. The first-order valence-electron chi connectivity index (χ1n) is 14.1. The Morgan fingerprint density at radius 3 is 2.31 bits per heavy atom. The second-order valence-corrected chi connectivity index (χ2v) is 11.1. The van der Waals surface area contributed by atoms with Crippen molar-refractivity contribution in [3.05, 3.63) is 102 Å². The predicted molar refractivity (Wildman–Crippen MR) is 153 cm³/mol. The smallest absolute Gasteiger partial charge is 0.245 e. The van der Waals surface area contributed by atoms with Crippen LogP contribution in [-0.4, -0.2) is 70.9 Å². The first-order valence-corrected chi connectivity index (χ1v) is 14.1. The standard InChI is InChI=1S/C32H39N5O2/c1-23(33)31(38)35-30(17-24-9-8-15-34-19-24)32(39)37-21-28(26-12-6-3-7-13-26)18-29(37)22-36-16-14-27(20-36)25-10-4-2-5-11-25/h2-13,15,19,23,27-30H,14,16-18,20-22,33H2,1H3,(H,35,38)/t23-,27?,28-,29-,30-/m0/s1. The quantitative estimate of drug-likeness (QED) is 0.447. The molecule has 2 aliphatic rings. The zero-order valence-electron chi connectivity index (χ0n) is 22.7. The minimum Gasteiger partial charge on any atom is -0.343 e. The van der Waals surface area contributed by atoms with Gasteiger partial charge in [0.2, 0.25) is 11.8 Å². The lowest BCUT2D eigenvalue weighted by molar-refractivity contribution is -0.137. The molecule has 5 atom stereocenters. The van der Waals surface area contributed by atoms with Crippen molar-refractivity contribution in [1.82, 2.24) is 20.1 Å². The summed E-state index contributed by atoms with van der Waals surface area (Å²) < 4.78 is 0. The number of nitrogens with two attached hydrogens (primary N) is 1. The van der Waals surface area contributed by atoms with E-state index >= 15 is 0 Å². The van der Waals surface area contributed by atoms with Crippen molar-refractivity contribution in [2.75, 3.05) is 26.2 Å². The number of nitrogens with zero attached hydrogens (tertiary/aromatic N) is 3. The lowest BCUT2D eigenvalue weighted by Gasteiger charge is -2.32. The van der Waals surface area contributed by atoms with Gasteiger partial charge in [-0.05, 0) is 55.0 Å². The highest BCUT2D eigenvalue weighted by Crippen LogP contribution is 2.35. The van der Waals surface area contributed by atoms with Crippen LogP contribution in [0.25, 0.3) is 0 Å². The maximum Gasteiger partial charge on any atom is 0.245 e. The number of carbonyl (C=O) groups is 2. The number of hydrogen-bond acceptors (Lipinski definition) is 5. The summed E-state index contributed by atoms with van der Waals surface area (Å²) in [6.45, 7) is 5.13. The summed E-state index contributed by atoms with van der Waals surface area (Å²) >= 11 is 0. The Morgan fingerprint density at radius 2 is 1.67 bits per heavy atom. The molecule has 7 nitrogen and oxygen atoms in total. The molecule has 3 heterocycles. The fourth-order valence-corrected chi connectivity index (χ4v) is 6.08. The zero-order chi connectivity index (χ0) is 27.2. The van der Waals surface area contributed by atoms with Gasteiger partial charge in [-0.15, -0.1) is 0 Å². The van der Waals surface area contributed by atoms with E-state index in [2.05, 4.69) is 69.8 Å². The van der Waals surface area contributed by atoms with Crippen LogP contribution >= 0.6 is 0 Å². The molecule has 7 heteroatoms. The third kappa shape index (κ3) is 6.72. The second-order valence-electron chi connectivity index (χ2n) is 11.1. The summed E-state index contributed by atoms with van der Waals surface area (Å²) in [6.07, 6.45) is 5.87. The van der Waals surface area contributed by atoms with Crippen molar-refractivity contribution in [2.24, 2.45) is 5.73 Å². The van der Waals surface area contributed by atoms with Crippen LogP contribution in [0.3, 0.4) is 0 Å². The highest BCUT2D eigenvalue weighted by Gasteiger charge is 2.40. The SMILES string of the molecule is C[C@H](N)C(=O)N[C@@H](Cc1cccnc1)C(=O)N1C[C@@H](c2ccccc2)C[C@H]1CN1CCC(c2ccccc2)C1. The lowest BCUT2D eigenvalue weighted by Crippen LogP contribution is -2.55. The average molecular weight is 526 g/mol. The molecule has 0 bridgehead atoms. The number of carbonyl (C=O) groups excluding carboxylic acids is 2. The molecule has 2 amide bonds. The van der Waals surface area contributed by atoms with E-state index in [-0.39, 0.29) is 23.8 Å². The van der Waals surface area contributed by atoms with E-state index in [1.165, 1.54) is 11.1 Å². The van der Waals surface area contributed by atoms with Crippen LogP contribution in [0.2, 0.25) is 0 Å². The predicted octanol–water partition coefficient (Wildman–Crippen LogP) is 3.33. The first kappa shape index (κ1) is 27.0. The Bertz CT molecular complexity index is 1220. The maximum absolute atomic E-state index is 14.2. The van der Waals surface area contributed by atoms with E-state index in [0.29, 0.717) is 18.9 Å². The van der Waals surface area contributed by atoms with E-state index in [0.717, 1.165) is 38.0 Å². The van der Waals surface area contributed by atoms with Gasteiger partial charge in [0.25, 0.3) is 0 Å². The first-order chi connectivity index (χ1) is 19.0. The summed E-state index contributed by atoms with van der Waals surface area (Å²) in [5.41, 5.74) is 9.41. The van der Waals surface area contributed by atoms with Gasteiger partial charge < -0.3 is 20.9 Å². The summed E-state index contributed by atoms with van der Waals surface area (Å²) in [5.74, 6) is 0.411. The molecule has 1 aromatic heterocycles. The summed E-state index contributed by atoms with van der Waals surface area (Å²) in [4.78, 5) is 35.6. The molecule has 0 saturated carbocycles. The topological polar surface area (TPSA) is 91.6 Å². The van der Waals surface area contributed by atoms with Gasteiger partial charge in [-0.2, -0.15) is 0 Å². The van der Waals surface area contributed by atoms with Gasteiger partial charge in [0.05, 0.1) is 6.04 Å². The average Bonchev–Trinajstić information content (AvgIpc) is 3.61. The molecule has 0 aliphatic carbocycles. The van der Waals surface area contributed by atoms with Crippen molar-refractivity contribution in [3.63, 3.8) is 0 Å². The van der Waals surface area contributed by atoms with E-state index in [1.807, 2.05) is 23.1 Å². The summed E-state index contributed by atoms with van der Waals surface area (Å²) in [7, 11) is 0. The van der Waals surface area contributed by atoms with Gasteiger partial charge in [0, 0.05) is 50.4 Å². The number of benzene rings is 2. The molecule has 3 aromatic rings. The van der Waals surface area contributed by atoms with Gasteiger partial charge in [-0.3, -0.25) is 14.6 Å². The Morgan fingerprint density at radius 1 is 0.974 bits per heavy atom. The molecule has 0 spiro atoms. The second kappa shape index (κ2) is 12.5. The normalized spacial score (nSPS) is 22.9.